The van der Waals surface area contributed by atoms with E-state index in [1.165, 1.54) is 0 Å². The van der Waals surface area contributed by atoms with Crippen LogP contribution in [0.3, 0.4) is 0 Å². The first kappa shape index (κ1) is 12.1. The molecule has 2 rings (SSSR count). The molecular formula is C12H20N4O. The molecule has 0 bridgehead atoms. The summed E-state index contributed by atoms with van der Waals surface area (Å²) in [5.41, 5.74) is -0.0649. The third kappa shape index (κ3) is 2.85. The highest BCUT2D eigenvalue weighted by Gasteiger charge is 2.18. The van der Waals surface area contributed by atoms with Gasteiger partial charge in [-0.2, -0.15) is 0 Å². The standard InChI is InChI=1S/C12H20N4O/c1-8(2)12-14-10(6-11(17)15-12)16-5-4-13-9(3)7-16/h6,8-9,13H,4-5,7H2,1-3H3,(H,14,15,17)/t9-/m0/s1. The molecule has 0 aliphatic carbocycles. The zero-order valence-electron chi connectivity index (χ0n) is 10.7. The topological polar surface area (TPSA) is 61.0 Å². The quantitative estimate of drug-likeness (QED) is 0.793. The van der Waals surface area contributed by atoms with Crippen molar-refractivity contribution in [3.8, 4) is 0 Å². The average Bonchev–Trinajstić information content (AvgIpc) is 2.28. The first-order valence-corrected chi connectivity index (χ1v) is 6.16. The van der Waals surface area contributed by atoms with E-state index in [1.807, 2.05) is 13.8 Å². The Balaban J connectivity index is 2.28. The Bertz CT molecular complexity index is 440. The lowest BCUT2D eigenvalue weighted by atomic mass is 10.2. The number of nitrogens with one attached hydrogen (secondary N) is 2. The van der Waals surface area contributed by atoms with Crippen LogP contribution in [0, 0.1) is 0 Å². The Morgan fingerprint density at radius 3 is 2.94 bits per heavy atom. The lowest BCUT2D eigenvalue weighted by Gasteiger charge is -2.32. The number of H-pyrrole nitrogens is 1. The van der Waals surface area contributed by atoms with Gasteiger partial charge in [0.2, 0.25) is 0 Å². The molecule has 94 valence electrons. The summed E-state index contributed by atoms with van der Waals surface area (Å²) in [4.78, 5) is 21.1. The van der Waals surface area contributed by atoms with Gasteiger partial charge in [0.25, 0.3) is 5.56 Å². The molecular weight excluding hydrogens is 216 g/mol. The molecule has 0 radical (unpaired) electrons. The Labute approximate surface area is 101 Å². The van der Waals surface area contributed by atoms with Gasteiger partial charge in [0.05, 0.1) is 0 Å². The number of aromatic nitrogens is 2. The van der Waals surface area contributed by atoms with Crippen molar-refractivity contribution >= 4 is 5.82 Å². The van der Waals surface area contributed by atoms with Crippen molar-refractivity contribution in [2.45, 2.75) is 32.7 Å². The third-order valence-electron chi connectivity index (χ3n) is 2.99. The van der Waals surface area contributed by atoms with E-state index in [9.17, 15) is 4.79 Å². The molecule has 1 saturated heterocycles. The van der Waals surface area contributed by atoms with Gasteiger partial charge in [-0.1, -0.05) is 13.8 Å². The zero-order chi connectivity index (χ0) is 12.4. The number of piperazine rings is 1. The molecule has 1 atom stereocenters. The van der Waals surface area contributed by atoms with Crippen LogP contribution in [-0.4, -0.2) is 35.6 Å². The van der Waals surface area contributed by atoms with Crippen LogP contribution in [0.25, 0.3) is 0 Å². The predicted molar refractivity (Wildman–Crippen MR) is 68.6 cm³/mol. The molecule has 0 amide bonds. The van der Waals surface area contributed by atoms with Crippen molar-refractivity contribution in [3.63, 3.8) is 0 Å². The van der Waals surface area contributed by atoms with Gasteiger partial charge in [-0.15, -0.1) is 0 Å². The number of aromatic amines is 1. The van der Waals surface area contributed by atoms with Crippen LogP contribution in [0.5, 0.6) is 0 Å². The van der Waals surface area contributed by atoms with Gasteiger partial charge in [0, 0.05) is 37.7 Å². The van der Waals surface area contributed by atoms with Crippen LogP contribution < -0.4 is 15.8 Å². The minimum Gasteiger partial charge on any atom is -0.354 e. The van der Waals surface area contributed by atoms with Crippen molar-refractivity contribution in [2.75, 3.05) is 24.5 Å². The normalized spacial score (nSPS) is 20.9. The average molecular weight is 236 g/mol. The minimum atomic E-state index is -0.0649. The third-order valence-corrected chi connectivity index (χ3v) is 2.99. The zero-order valence-corrected chi connectivity index (χ0v) is 10.7. The number of nitrogens with zero attached hydrogens (tertiary/aromatic N) is 2. The summed E-state index contributed by atoms with van der Waals surface area (Å²) < 4.78 is 0. The van der Waals surface area contributed by atoms with Crippen LogP contribution >= 0.6 is 0 Å². The summed E-state index contributed by atoms with van der Waals surface area (Å²) in [5.74, 6) is 1.80. The van der Waals surface area contributed by atoms with Gasteiger partial charge in [-0.05, 0) is 6.92 Å². The molecule has 5 nitrogen and oxygen atoms in total. The molecule has 1 aliphatic rings. The largest absolute Gasteiger partial charge is 0.354 e. The van der Waals surface area contributed by atoms with E-state index < -0.39 is 0 Å². The Hall–Kier alpha value is -1.36. The van der Waals surface area contributed by atoms with Crippen LogP contribution in [0.2, 0.25) is 0 Å². The highest BCUT2D eigenvalue weighted by Crippen LogP contribution is 2.14. The van der Waals surface area contributed by atoms with E-state index in [2.05, 4.69) is 27.1 Å². The van der Waals surface area contributed by atoms with Crippen LogP contribution in [0.15, 0.2) is 10.9 Å². The summed E-state index contributed by atoms with van der Waals surface area (Å²) >= 11 is 0. The van der Waals surface area contributed by atoms with E-state index in [1.54, 1.807) is 6.07 Å². The highest BCUT2D eigenvalue weighted by molar-refractivity contribution is 5.38. The van der Waals surface area contributed by atoms with Gasteiger partial charge in [0.15, 0.2) is 0 Å². The molecule has 2 heterocycles. The van der Waals surface area contributed by atoms with Crippen molar-refractivity contribution in [3.05, 3.63) is 22.2 Å². The summed E-state index contributed by atoms with van der Waals surface area (Å²) in [6.45, 7) is 8.94. The molecule has 5 heteroatoms. The van der Waals surface area contributed by atoms with Crippen LogP contribution in [0.1, 0.15) is 32.5 Å². The summed E-state index contributed by atoms with van der Waals surface area (Å²) in [7, 11) is 0. The Kier molecular flexibility index (Phi) is 3.47. The lowest BCUT2D eigenvalue weighted by Crippen LogP contribution is -2.49. The molecule has 0 spiro atoms. The molecule has 1 fully saturated rings. The fraction of sp³-hybridized carbons (Fsp3) is 0.667. The van der Waals surface area contributed by atoms with E-state index in [0.29, 0.717) is 6.04 Å². The molecule has 1 aromatic rings. The molecule has 0 unspecified atom stereocenters. The van der Waals surface area contributed by atoms with Crippen molar-refractivity contribution in [1.29, 1.82) is 0 Å². The second-order valence-corrected chi connectivity index (χ2v) is 4.94. The Morgan fingerprint density at radius 2 is 2.29 bits per heavy atom. The number of hydrogen-bond donors (Lipinski definition) is 2. The first-order valence-electron chi connectivity index (χ1n) is 6.16. The minimum absolute atomic E-state index is 0.0649. The summed E-state index contributed by atoms with van der Waals surface area (Å²) in [5, 5.41) is 3.38. The second kappa shape index (κ2) is 4.87. The molecule has 17 heavy (non-hydrogen) atoms. The maximum absolute atomic E-state index is 11.6. The Morgan fingerprint density at radius 1 is 1.53 bits per heavy atom. The predicted octanol–water partition coefficient (Wildman–Crippen LogP) is 0.691. The van der Waals surface area contributed by atoms with E-state index in [-0.39, 0.29) is 11.5 Å². The number of anilines is 1. The smallest absolute Gasteiger partial charge is 0.252 e. The van der Waals surface area contributed by atoms with Gasteiger partial charge in [-0.25, -0.2) is 4.98 Å². The molecule has 1 aromatic heterocycles. The number of rotatable bonds is 2. The highest BCUT2D eigenvalue weighted by atomic mass is 16.1. The summed E-state index contributed by atoms with van der Waals surface area (Å²) in [6, 6.07) is 2.02. The van der Waals surface area contributed by atoms with Crippen molar-refractivity contribution in [1.82, 2.24) is 15.3 Å². The van der Waals surface area contributed by atoms with E-state index >= 15 is 0 Å². The molecule has 0 aromatic carbocycles. The molecule has 0 saturated carbocycles. The van der Waals surface area contributed by atoms with Gasteiger partial charge >= 0.3 is 0 Å². The van der Waals surface area contributed by atoms with Crippen LogP contribution in [-0.2, 0) is 0 Å². The van der Waals surface area contributed by atoms with Crippen molar-refractivity contribution < 1.29 is 0 Å². The second-order valence-electron chi connectivity index (χ2n) is 4.94. The van der Waals surface area contributed by atoms with Gasteiger partial charge in [0.1, 0.15) is 11.6 Å². The fourth-order valence-electron chi connectivity index (χ4n) is 2.04. The fourth-order valence-corrected chi connectivity index (χ4v) is 2.04. The van der Waals surface area contributed by atoms with Crippen molar-refractivity contribution in [2.24, 2.45) is 0 Å². The number of hydrogen-bond acceptors (Lipinski definition) is 4. The summed E-state index contributed by atoms with van der Waals surface area (Å²) in [6.07, 6.45) is 0. The van der Waals surface area contributed by atoms with E-state index in [0.717, 1.165) is 31.3 Å². The van der Waals surface area contributed by atoms with Gasteiger partial charge in [-0.3, -0.25) is 4.79 Å². The molecule has 1 aliphatic heterocycles. The monoisotopic (exact) mass is 236 g/mol. The van der Waals surface area contributed by atoms with Gasteiger partial charge < -0.3 is 15.2 Å². The van der Waals surface area contributed by atoms with Crippen LogP contribution in [0.4, 0.5) is 5.82 Å². The molecule has 2 N–H and O–H groups in total. The first-order chi connectivity index (χ1) is 8.06. The maximum atomic E-state index is 11.6. The SMILES string of the molecule is CC(C)c1nc(N2CCN[C@@H](C)C2)cc(=O)[nH]1. The lowest BCUT2D eigenvalue weighted by molar-refractivity contribution is 0.481. The maximum Gasteiger partial charge on any atom is 0.252 e. The van der Waals surface area contributed by atoms with E-state index in [4.69, 9.17) is 0 Å².